The highest BCUT2D eigenvalue weighted by Crippen LogP contribution is 2.29. The van der Waals surface area contributed by atoms with E-state index in [-0.39, 0.29) is 37.6 Å². The number of hydrogen-bond donors (Lipinski definition) is 2. The second-order valence-corrected chi connectivity index (χ2v) is 4.86. The predicted octanol–water partition coefficient (Wildman–Crippen LogP) is 0.860. The fraction of sp³-hybridized carbons (Fsp3) is 0.429. The average Bonchev–Trinajstić information content (AvgIpc) is 2.43. The minimum Gasteiger partial charge on any atom is -0.482 e. The maximum absolute atomic E-state index is 12.4. The molecule has 0 bridgehead atoms. The number of carbonyl (C=O) groups is 2. The summed E-state index contributed by atoms with van der Waals surface area (Å²) < 4.78 is 5.29. The van der Waals surface area contributed by atoms with Gasteiger partial charge in [0.2, 0.25) is 0 Å². The monoisotopic (exact) mass is 278 g/mol. The van der Waals surface area contributed by atoms with Crippen molar-refractivity contribution >= 4 is 17.5 Å². The van der Waals surface area contributed by atoms with Crippen LogP contribution in [0.25, 0.3) is 0 Å². The van der Waals surface area contributed by atoms with Crippen molar-refractivity contribution in [3.63, 3.8) is 0 Å². The molecule has 0 fully saturated rings. The molecular formula is C14H18N2O4. The number of aliphatic hydroxyl groups excluding tert-OH is 1. The molecule has 0 saturated heterocycles. The molecule has 0 aliphatic carbocycles. The first-order valence-electron chi connectivity index (χ1n) is 6.51. The topological polar surface area (TPSA) is 78.9 Å². The summed E-state index contributed by atoms with van der Waals surface area (Å²) in [6.45, 7) is 3.94. The molecule has 0 spiro atoms. The van der Waals surface area contributed by atoms with Gasteiger partial charge in [-0.15, -0.1) is 0 Å². The molecule has 2 rings (SSSR count). The largest absolute Gasteiger partial charge is 0.482 e. The van der Waals surface area contributed by atoms with Crippen molar-refractivity contribution in [2.75, 3.05) is 25.1 Å². The Morgan fingerprint density at radius 3 is 2.90 bits per heavy atom. The van der Waals surface area contributed by atoms with Gasteiger partial charge in [0.05, 0.1) is 12.3 Å². The minimum atomic E-state index is -0.208. The van der Waals surface area contributed by atoms with E-state index in [4.69, 9.17) is 9.84 Å². The van der Waals surface area contributed by atoms with Crippen LogP contribution in [0.1, 0.15) is 24.2 Å². The van der Waals surface area contributed by atoms with Crippen molar-refractivity contribution in [3.8, 4) is 5.75 Å². The van der Waals surface area contributed by atoms with E-state index in [0.29, 0.717) is 17.0 Å². The molecule has 1 aromatic carbocycles. The summed E-state index contributed by atoms with van der Waals surface area (Å²) in [7, 11) is 0. The third-order valence-electron chi connectivity index (χ3n) is 3.09. The zero-order chi connectivity index (χ0) is 14.7. The van der Waals surface area contributed by atoms with Crippen LogP contribution in [0.4, 0.5) is 5.69 Å². The molecule has 0 aromatic heterocycles. The molecule has 0 saturated carbocycles. The number of aliphatic hydroxyl groups is 1. The van der Waals surface area contributed by atoms with Crippen LogP contribution in [-0.4, -0.2) is 47.6 Å². The standard InChI is InChI=1S/C14H18N2O4/c1-9(2)16(5-6-17)14(19)10-3-4-11-12(7-10)20-8-13(18)15-11/h3-4,7,9,17H,5-6,8H2,1-2H3,(H,15,18). The lowest BCUT2D eigenvalue weighted by Gasteiger charge is -2.26. The second kappa shape index (κ2) is 5.92. The van der Waals surface area contributed by atoms with E-state index in [0.717, 1.165) is 0 Å². The summed E-state index contributed by atoms with van der Waals surface area (Å²) in [6.07, 6.45) is 0. The maximum atomic E-state index is 12.4. The van der Waals surface area contributed by atoms with E-state index in [1.165, 1.54) is 0 Å². The third kappa shape index (κ3) is 2.91. The second-order valence-electron chi connectivity index (χ2n) is 4.86. The number of benzene rings is 1. The number of anilines is 1. The average molecular weight is 278 g/mol. The summed E-state index contributed by atoms with van der Waals surface area (Å²) in [5.41, 5.74) is 1.04. The molecule has 6 heteroatoms. The van der Waals surface area contributed by atoms with Gasteiger partial charge in [0.15, 0.2) is 6.61 Å². The molecule has 1 aliphatic heterocycles. The summed E-state index contributed by atoms with van der Waals surface area (Å²) in [4.78, 5) is 25.2. The number of carbonyl (C=O) groups excluding carboxylic acids is 2. The van der Waals surface area contributed by atoms with Crippen LogP contribution in [0.3, 0.4) is 0 Å². The molecule has 108 valence electrons. The van der Waals surface area contributed by atoms with Gasteiger partial charge in [0, 0.05) is 18.2 Å². The first kappa shape index (κ1) is 14.3. The molecule has 0 radical (unpaired) electrons. The van der Waals surface area contributed by atoms with Crippen LogP contribution in [0, 0.1) is 0 Å². The lowest BCUT2D eigenvalue weighted by atomic mass is 10.1. The Bertz CT molecular complexity index is 528. The van der Waals surface area contributed by atoms with Crippen molar-refractivity contribution in [1.29, 1.82) is 0 Å². The summed E-state index contributed by atoms with van der Waals surface area (Å²) in [5, 5.41) is 11.7. The molecule has 2 amide bonds. The van der Waals surface area contributed by atoms with E-state index in [1.54, 1.807) is 23.1 Å². The number of nitrogens with zero attached hydrogens (tertiary/aromatic N) is 1. The van der Waals surface area contributed by atoms with Gasteiger partial charge >= 0.3 is 0 Å². The Labute approximate surface area is 117 Å². The van der Waals surface area contributed by atoms with Crippen LogP contribution in [0.5, 0.6) is 5.75 Å². The highest BCUT2D eigenvalue weighted by atomic mass is 16.5. The maximum Gasteiger partial charge on any atom is 0.262 e. The summed E-state index contributed by atoms with van der Waals surface area (Å²) in [5.74, 6) is 0.112. The van der Waals surface area contributed by atoms with Gasteiger partial charge in [-0.1, -0.05) is 0 Å². The summed E-state index contributed by atoms with van der Waals surface area (Å²) >= 11 is 0. The predicted molar refractivity (Wildman–Crippen MR) is 73.8 cm³/mol. The van der Waals surface area contributed by atoms with Gasteiger partial charge in [-0.3, -0.25) is 9.59 Å². The third-order valence-corrected chi connectivity index (χ3v) is 3.09. The van der Waals surface area contributed by atoms with Gasteiger partial charge in [-0.25, -0.2) is 0 Å². The van der Waals surface area contributed by atoms with Gasteiger partial charge < -0.3 is 20.1 Å². The molecule has 6 nitrogen and oxygen atoms in total. The van der Waals surface area contributed by atoms with Crippen molar-refractivity contribution in [2.45, 2.75) is 19.9 Å². The Kier molecular flexibility index (Phi) is 4.24. The zero-order valence-corrected chi connectivity index (χ0v) is 11.5. The van der Waals surface area contributed by atoms with Crippen LogP contribution in [-0.2, 0) is 4.79 Å². The van der Waals surface area contributed by atoms with E-state index < -0.39 is 0 Å². The van der Waals surface area contributed by atoms with Crippen LogP contribution in [0.2, 0.25) is 0 Å². The van der Waals surface area contributed by atoms with Crippen molar-refractivity contribution < 1.29 is 19.4 Å². The Morgan fingerprint density at radius 1 is 1.50 bits per heavy atom. The van der Waals surface area contributed by atoms with Crippen LogP contribution >= 0.6 is 0 Å². The lowest BCUT2D eigenvalue weighted by molar-refractivity contribution is -0.118. The van der Waals surface area contributed by atoms with E-state index in [2.05, 4.69) is 5.32 Å². The molecular weight excluding hydrogens is 260 g/mol. The number of nitrogens with one attached hydrogen (secondary N) is 1. The first-order valence-corrected chi connectivity index (χ1v) is 6.51. The highest BCUT2D eigenvalue weighted by molar-refractivity contribution is 5.99. The smallest absolute Gasteiger partial charge is 0.262 e. The highest BCUT2D eigenvalue weighted by Gasteiger charge is 2.22. The normalized spacial score (nSPS) is 13.5. The van der Waals surface area contributed by atoms with Crippen molar-refractivity contribution in [2.24, 2.45) is 0 Å². The molecule has 20 heavy (non-hydrogen) atoms. The number of amides is 2. The van der Waals surface area contributed by atoms with Gasteiger partial charge in [-0.05, 0) is 32.0 Å². The quantitative estimate of drug-likeness (QED) is 0.856. The van der Waals surface area contributed by atoms with E-state index in [9.17, 15) is 9.59 Å². The fourth-order valence-corrected chi connectivity index (χ4v) is 2.08. The van der Waals surface area contributed by atoms with E-state index in [1.807, 2.05) is 13.8 Å². The van der Waals surface area contributed by atoms with Crippen molar-refractivity contribution in [3.05, 3.63) is 23.8 Å². The molecule has 0 unspecified atom stereocenters. The Morgan fingerprint density at radius 2 is 2.25 bits per heavy atom. The Hall–Kier alpha value is -2.08. The van der Waals surface area contributed by atoms with Gasteiger partial charge in [-0.2, -0.15) is 0 Å². The SMILES string of the molecule is CC(C)N(CCO)C(=O)c1ccc2c(c1)OCC(=O)N2. The number of ether oxygens (including phenoxy) is 1. The van der Waals surface area contributed by atoms with Crippen LogP contribution in [0.15, 0.2) is 18.2 Å². The number of rotatable bonds is 4. The first-order chi connectivity index (χ1) is 9.52. The van der Waals surface area contributed by atoms with Gasteiger partial charge in [0.25, 0.3) is 11.8 Å². The molecule has 2 N–H and O–H groups in total. The minimum absolute atomic E-state index is 0.00805. The number of hydrogen-bond acceptors (Lipinski definition) is 4. The molecule has 0 atom stereocenters. The molecule has 1 heterocycles. The van der Waals surface area contributed by atoms with Crippen molar-refractivity contribution in [1.82, 2.24) is 4.90 Å². The van der Waals surface area contributed by atoms with Gasteiger partial charge in [0.1, 0.15) is 5.75 Å². The Balaban J connectivity index is 2.24. The van der Waals surface area contributed by atoms with Crippen LogP contribution < -0.4 is 10.1 Å². The molecule has 1 aliphatic rings. The number of fused-ring (bicyclic) bond motifs is 1. The zero-order valence-electron chi connectivity index (χ0n) is 11.5. The lowest BCUT2D eigenvalue weighted by Crippen LogP contribution is -2.39. The summed E-state index contributed by atoms with van der Waals surface area (Å²) in [6, 6.07) is 4.90. The fourth-order valence-electron chi connectivity index (χ4n) is 2.08. The van der Waals surface area contributed by atoms with E-state index >= 15 is 0 Å². The molecule has 1 aromatic rings.